The van der Waals surface area contributed by atoms with Crippen molar-refractivity contribution in [3.05, 3.63) is 70.8 Å². The van der Waals surface area contributed by atoms with Crippen LogP contribution >= 0.6 is 0 Å². The number of hydrogen-bond acceptors (Lipinski definition) is 1. The maximum atomic E-state index is 3.43. The van der Waals surface area contributed by atoms with Crippen molar-refractivity contribution in [1.82, 2.24) is 5.32 Å². The van der Waals surface area contributed by atoms with E-state index < -0.39 is 0 Å². The van der Waals surface area contributed by atoms with Gasteiger partial charge in [0.1, 0.15) is 0 Å². The molecule has 1 heteroatoms. The Morgan fingerprint density at radius 1 is 0.944 bits per heavy atom. The predicted octanol–water partition coefficient (Wildman–Crippen LogP) is 3.79. The summed E-state index contributed by atoms with van der Waals surface area (Å²) in [6.07, 6.45) is 1.17. The highest BCUT2D eigenvalue weighted by Crippen LogP contribution is 2.43. The first kappa shape index (κ1) is 11.5. The van der Waals surface area contributed by atoms with Gasteiger partial charge in [-0.15, -0.1) is 0 Å². The number of fused-ring (bicyclic) bond motifs is 1. The highest BCUT2D eigenvalue weighted by Gasteiger charge is 2.30. The number of nitrogens with one attached hydrogen (secondary N) is 1. The van der Waals surface area contributed by atoms with Gasteiger partial charge >= 0.3 is 0 Å². The molecule has 0 aliphatic heterocycles. The fourth-order valence-corrected chi connectivity index (χ4v) is 3.02. The standard InChI is InChI=1S/C17H19N/c1-12-7-9-13(10-8-12)16-11-17(18-2)15-6-4-3-5-14(15)16/h3-10,16-18H,11H2,1-2H3/t16-,17-/m0/s1. The van der Waals surface area contributed by atoms with E-state index in [4.69, 9.17) is 0 Å². The lowest BCUT2D eigenvalue weighted by atomic mass is 9.92. The third-order valence-electron chi connectivity index (χ3n) is 4.05. The molecule has 0 fully saturated rings. The summed E-state index contributed by atoms with van der Waals surface area (Å²) in [5.41, 5.74) is 5.72. The van der Waals surface area contributed by atoms with Gasteiger partial charge in [-0.25, -0.2) is 0 Å². The molecule has 1 aliphatic rings. The van der Waals surface area contributed by atoms with Crippen LogP contribution in [-0.4, -0.2) is 7.05 Å². The van der Waals surface area contributed by atoms with Crippen molar-refractivity contribution in [3.63, 3.8) is 0 Å². The molecule has 1 nitrogen and oxygen atoms in total. The molecule has 2 aromatic carbocycles. The summed E-state index contributed by atoms with van der Waals surface area (Å²) in [6.45, 7) is 2.14. The van der Waals surface area contributed by atoms with E-state index in [-0.39, 0.29) is 0 Å². The molecule has 2 atom stereocenters. The minimum absolute atomic E-state index is 0.493. The maximum Gasteiger partial charge on any atom is 0.0329 e. The van der Waals surface area contributed by atoms with Crippen LogP contribution in [0, 0.1) is 6.92 Å². The van der Waals surface area contributed by atoms with E-state index in [1.54, 1.807) is 0 Å². The Balaban J connectivity index is 2.02. The zero-order chi connectivity index (χ0) is 12.5. The van der Waals surface area contributed by atoms with Gasteiger partial charge in [-0.2, -0.15) is 0 Å². The van der Waals surface area contributed by atoms with Crippen LogP contribution in [0.25, 0.3) is 0 Å². The van der Waals surface area contributed by atoms with Gasteiger partial charge in [0.25, 0.3) is 0 Å². The van der Waals surface area contributed by atoms with Crippen molar-refractivity contribution < 1.29 is 0 Å². The second-order valence-corrected chi connectivity index (χ2v) is 5.17. The van der Waals surface area contributed by atoms with E-state index in [1.807, 2.05) is 0 Å². The zero-order valence-electron chi connectivity index (χ0n) is 11.0. The van der Waals surface area contributed by atoms with Gasteiger partial charge in [-0.1, -0.05) is 54.1 Å². The van der Waals surface area contributed by atoms with Gasteiger partial charge in [0.05, 0.1) is 0 Å². The van der Waals surface area contributed by atoms with E-state index in [9.17, 15) is 0 Å². The third-order valence-corrected chi connectivity index (χ3v) is 4.05. The van der Waals surface area contributed by atoms with Crippen LogP contribution in [0.1, 0.15) is 40.6 Å². The second kappa shape index (κ2) is 4.58. The van der Waals surface area contributed by atoms with Gasteiger partial charge in [0, 0.05) is 12.0 Å². The molecule has 1 aliphatic carbocycles. The lowest BCUT2D eigenvalue weighted by Crippen LogP contribution is -2.13. The van der Waals surface area contributed by atoms with E-state index in [1.165, 1.54) is 28.7 Å². The van der Waals surface area contributed by atoms with Crippen LogP contribution < -0.4 is 5.32 Å². The molecular weight excluding hydrogens is 218 g/mol. The average Bonchev–Trinajstić information content (AvgIpc) is 2.79. The Bertz CT molecular complexity index is 542. The summed E-state index contributed by atoms with van der Waals surface area (Å²) in [4.78, 5) is 0. The number of rotatable bonds is 2. The second-order valence-electron chi connectivity index (χ2n) is 5.17. The Morgan fingerprint density at radius 2 is 1.61 bits per heavy atom. The molecule has 0 unspecified atom stereocenters. The minimum atomic E-state index is 0.493. The monoisotopic (exact) mass is 237 g/mol. The van der Waals surface area contributed by atoms with Crippen LogP contribution in [-0.2, 0) is 0 Å². The average molecular weight is 237 g/mol. The Labute approximate surface area is 109 Å². The summed E-state index contributed by atoms with van der Waals surface area (Å²) < 4.78 is 0. The van der Waals surface area contributed by atoms with Crippen LogP contribution in [0.2, 0.25) is 0 Å². The van der Waals surface area contributed by atoms with Crippen LogP contribution in [0.15, 0.2) is 48.5 Å². The van der Waals surface area contributed by atoms with Crippen molar-refractivity contribution in [2.75, 3.05) is 7.05 Å². The molecule has 1 N–H and O–H groups in total. The van der Waals surface area contributed by atoms with Gasteiger partial charge in [-0.3, -0.25) is 0 Å². The normalized spacial score (nSPS) is 21.9. The molecule has 0 amide bonds. The number of benzene rings is 2. The summed E-state index contributed by atoms with van der Waals surface area (Å²) in [7, 11) is 2.05. The van der Waals surface area contributed by atoms with Gasteiger partial charge in [0.15, 0.2) is 0 Å². The molecule has 0 saturated heterocycles. The molecule has 0 spiro atoms. The lowest BCUT2D eigenvalue weighted by molar-refractivity contribution is 0.564. The van der Waals surface area contributed by atoms with Gasteiger partial charge < -0.3 is 5.32 Å². The molecule has 92 valence electrons. The van der Waals surface area contributed by atoms with Crippen LogP contribution in [0.3, 0.4) is 0 Å². The largest absolute Gasteiger partial charge is 0.313 e. The molecule has 0 bridgehead atoms. The summed E-state index contributed by atoms with van der Waals surface area (Å²) in [5.74, 6) is 0.541. The van der Waals surface area contributed by atoms with E-state index >= 15 is 0 Å². The highest BCUT2D eigenvalue weighted by atomic mass is 14.9. The van der Waals surface area contributed by atoms with Crippen LogP contribution in [0.4, 0.5) is 0 Å². The smallest absolute Gasteiger partial charge is 0.0329 e. The molecule has 0 heterocycles. The first-order chi connectivity index (χ1) is 8.79. The molecule has 0 radical (unpaired) electrons. The van der Waals surface area contributed by atoms with Crippen molar-refractivity contribution in [3.8, 4) is 0 Å². The van der Waals surface area contributed by atoms with Crippen molar-refractivity contribution in [1.29, 1.82) is 0 Å². The predicted molar refractivity (Wildman–Crippen MR) is 75.9 cm³/mol. The Morgan fingerprint density at radius 3 is 2.28 bits per heavy atom. The number of hydrogen-bond donors (Lipinski definition) is 1. The topological polar surface area (TPSA) is 12.0 Å². The van der Waals surface area contributed by atoms with Crippen molar-refractivity contribution in [2.45, 2.75) is 25.3 Å². The zero-order valence-corrected chi connectivity index (χ0v) is 11.0. The summed E-state index contributed by atoms with van der Waals surface area (Å²) >= 11 is 0. The summed E-state index contributed by atoms with van der Waals surface area (Å²) in [5, 5.41) is 3.43. The lowest BCUT2D eigenvalue weighted by Gasteiger charge is -2.12. The fraction of sp³-hybridized carbons (Fsp3) is 0.294. The quantitative estimate of drug-likeness (QED) is 0.838. The first-order valence-corrected chi connectivity index (χ1v) is 6.62. The van der Waals surface area contributed by atoms with E-state index in [0.717, 1.165) is 0 Å². The van der Waals surface area contributed by atoms with Gasteiger partial charge in [0.2, 0.25) is 0 Å². The molecule has 0 saturated carbocycles. The Hall–Kier alpha value is -1.60. The van der Waals surface area contributed by atoms with Crippen molar-refractivity contribution >= 4 is 0 Å². The van der Waals surface area contributed by atoms with Crippen LogP contribution in [0.5, 0.6) is 0 Å². The molecular formula is C17H19N. The van der Waals surface area contributed by atoms with E-state index in [2.05, 4.69) is 67.8 Å². The summed E-state index contributed by atoms with van der Waals surface area (Å²) in [6, 6.07) is 18.3. The molecule has 2 aromatic rings. The Kier molecular flexibility index (Phi) is 2.92. The van der Waals surface area contributed by atoms with E-state index in [0.29, 0.717) is 12.0 Å². The molecule has 3 rings (SSSR count). The number of aryl methyl sites for hydroxylation is 1. The first-order valence-electron chi connectivity index (χ1n) is 6.62. The SMILES string of the molecule is CN[C@H]1C[C@@H](c2ccc(C)cc2)c2ccccc21. The highest BCUT2D eigenvalue weighted by molar-refractivity contribution is 5.44. The van der Waals surface area contributed by atoms with Gasteiger partial charge in [-0.05, 0) is 37.1 Å². The fourth-order valence-electron chi connectivity index (χ4n) is 3.02. The third kappa shape index (κ3) is 1.85. The van der Waals surface area contributed by atoms with Crippen molar-refractivity contribution in [2.24, 2.45) is 0 Å². The molecule has 0 aromatic heterocycles. The molecule has 18 heavy (non-hydrogen) atoms. The maximum absolute atomic E-state index is 3.43. The minimum Gasteiger partial charge on any atom is -0.313 e.